The molecule has 0 N–H and O–H groups in total. The molecule has 92 valence electrons. The van der Waals surface area contributed by atoms with Crippen LogP contribution in [0.15, 0.2) is 46.9 Å². The highest BCUT2D eigenvalue weighted by atomic mass is 35.5. The molecule has 0 aliphatic carbocycles. The summed E-state index contributed by atoms with van der Waals surface area (Å²) in [5.41, 5.74) is 1.75. The average Bonchev–Trinajstić information content (AvgIpc) is 2.78. The van der Waals surface area contributed by atoms with Gasteiger partial charge < -0.3 is 9.15 Å². The summed E-state index contributed by atoms with van der Waals surface area (Å²) in [6.45, 7) is 0.627. The Morgan fingerprint density at radius 2 is 1.83 bits per heavy atom. The van der Waals surface area contributed by atoms with Crippen molar-refractivity contribution in [1.29, 1.82) is 0 Å². The van der Waals surface area contributed by atoms with E-state index in [9.17, 15) is 0 Å². The smallest absolute Gasteiger partial charge is 0.139 e. The maximum atomic E-state index is 5.79. The molecule has 3 heteroatoms. The van der Waals surface area contributed by atoms with Crippen LogP contribution < -0.4 is 4.74 Å². The number of para-hydroxylation sites is 1. The predicted molar refractivity (Wildman–Crippen MR) is 74.6 cm³/mol. The van der Waals surface area contributed by atoms with Crippen molar-refractivity contribution in [2.45, 2.75) is 6.42 Å². The molecule has 0 aliphatic heterocycles. The van der Waals surface area contributed by atoms with Crippen LogP contribution in [0.25, 0.3) is 21.9 Å². The first-order chi connectivity index (χ1) is 8.90. The van der Waals surface area contributed by atoms with Gasteiger partial charge in [-0.05, 0) is 24.6 Å². The highest BCUT2D eigenvalue weighted by Crippen LogP contribution is 2.35. The molecule has 0 fully saturated rings. The zero-order chi connectivity index (χ0) is 12.4. The summed E-state index contributed by atoms with van der Waals surface area (Å²) in [4.78, 5) is 0. The van der Waals surface area contributed by atoms with Gasteiger partial charge in [0, 0.05) is 11.3 Å². The number of rotatable bonds is 4. The van der Waals surface area contributed by atoms with Crippen molar-refractivity contribution in [2.24, 2.45) is 0 Å². The number of furan rings is 1. The molecule has 2 aromatic carbocycles. The SMILES string of the molecule is ClCCCOc1cccc2oc3ccccc3c12. The largest absolute Gasteiger partial charge is 0.493 e. The second kappa shape index (κ2) is 4.91. The summed E-state index contributed by atoms with van der Waals surface area (Å²) >= 11 is 5.66. The lowest BCUT2D eigenvalue weighted by Crippen LogP contribution is -1.97. The van der Waals surface area contributed by atoms with E-state index in [4.69, 9.17) is 20.8 Å². The van der Waals surface area contributed by atoms with E-state index in [-0.39, 0.29) is 0 Å². The van der Waals surface area contributed by atoms with Crippen LogP contribution in [-0.4, -0.2) is 12.5 Å². The molecule has 0 aliphatic rings. The molecule has 0 spiro atoms. The van der Waals surface area contributed by atoms with Crippen molar-refractivity contribution in [3.05, 3.63) is 42.5 Å². The normalized spacial score (nSPS) is 11.2. The second-order valence-corrected chi connectivity index (χ2v) is 4.50. The van der Waals surface area contributed by atoms with Gasteiger partial charge in [0.15, 0.2) is 0 Å². The Kier molecular flexibility index (Phi) is 3.11. The Morgan fingerprint density at radius 1 is 1.00 bits per heavy atom. The van der Waals surface area contributed by atoms with E-state index in [1.54, 1.807) is 0 Å². The van der Waals surface area contributed by atoms with Gasteiger partial charge in [0.25, 0.3) is 0 Å². The molecule has 3 aromatic rings. The van der Waals surface area contributed by atoms with Crippen LogP contribution in [0.1, 0.15) is 6.42 Å². The number of benzene rings is 2. The fraction of sp³-hybridized carbons (Fsp3) is 0.200. The van der Waals surface area contributed by atoms with E-state index < -0.39 is 0 Å². The van der Waals surface area contributed by atoms with Crippen LogP contribution in [0.5, 0.6) is 5.75 Å². The predicted octanol–water partition coefficient (Wildman–Crippen LogP) is 4.59. The van der Waals surface area contributed by atoms with Crippen LogP contribution >= 0.6 is 11.6 Å². The minimum Gasteiger partial charge on any atom is -0.493 e. The summed E-state index contributed by atoms with van der Waals surface area (Å²) in [7, 11) is 0. The van der Waals surface area contributed by atoms with E-state index in [1.165, 1.54) is 0 Å². The van der Waals surface area contributed by atoms with Crippen LogP contribution in [-0.2, 0) is 0 Å². The molecule has 0 amide bonds. The van der Waals surface area contributed by atoms with Gasteiger partial charge >= 0.3 is 0 Å². The number of hydrogen-bond acceptors (Lipinski definition) is 2. The molecular formula is C15H13ClO2. The van der Waals surface area contributed by atoms with Gasteiger partial charge in [-0.1, -0.05) is 24.3 Å². The lowest BCUT2D eigenvalue weighted by molar-refractivity contribution is 0.322. The number of alkyl halides is 1. The summed E-state index contributed by atoms with van der Waals surface area (Å²) in [6, 6.07) is 13.9. The highest BCUT2D eigenvalue weighted by Gasteiger charge is 2.10. The third kappa shape index (κ3) is 1.93. The first-order valence-electron chi connectivity index (χ1n) is 5.99. The van der Waals surface area contributed by atoms with E-state index in [0.717, 1.165) is 34.1 Å². The third-order valence-corrected chi connectivity index (χ3v) is 3.17. The number of fused-ring (bicyclic) bond motifs is 3. The standard InChI is InChI=1S/C15H13ClO2/c16-9-4-10-17-13-7-3-8-14-15(13)11-5-1-2-6-12(11)18-14/h1-3,5-8H,4,9-10H2. The van der Waals surface area contributed by atoms with Gasteiger partial charge in [-0.2, -0.15) is 0 Å². The molecule has 3 rings (SSSR count). The van der Waals surface area contributed by atoms with Crippen molar-refractivity contribution < 1.29 is 9.15 Å². The summed E-state index contributed by atoms with van der Waals surface area (Å²) < 4.78 is 11.6. The first kappa shape index (κ1) is 11.4. The molecule has 18 heavy (non-hydrogen) atoms. The molecule has 0 saturated heterocycles. The molecular weight excluding hydrogens is 248 g/mol. The maximum Gasteiger partial charge on any atom is 0.139 e. The third-order valence-electron chi connectivity index (χ3n) is 2.90. The molecule has 0 unspecified atom stereocenters. The zero-order valence-electron chi connectivity index (χ0n) is 9.86. The Hall–Kier alpha value is -1.67. The fourth-order valence-corrected chi connectivity index (χ4v) is 2.21. The monoisotopic (exact) mass is 260 g/mol. The van der Waals surface area contributed by atoms with Crippen molar-refractivity contribution in [2.75, 3.05) is 12.5 Å². The lowest BCUT2D eigenvalue weighted by Gasteiger charge is -2.05. The van der Waals surface area contributed by atoms with Gasteiger partial charge in [0.2, 0.25) is 0 Å². The van der Waals surface area contributed by atoms with Crippen molar-refractivity contribution in [3.63, 3.8) is 0 Å². The minimum absolute atomic E-state index is 0.613. The molecule has 1 heterocycles. The quantitative estimate of drug-likeness (QED) is 0.505. The molecule has 0 atom stereocenters. The summed E-state index contributed by atoms with van der Waals surface area (Å²) in [5.74, 6) is 1.48. The molecule has 0 bridgehead atoms. The maximum absolute atomic E-state index is 5.79. The van der Waals surface area contributed by atoms with Crippen LogP contribution in [0.2, 0.25) is 0 Å². The topological polar surface area (TPSA) is 22.4 Å². The van der Waals surface area contributed by atoms with E-state index in [1.807, 2.05) is 36.4 Å². The van der Waals surface area contributed by atoms with E-state index in [0.29, 0.717) is 12.5 Å². The van der Waals surface area contributed by atoms with Crippen LogP contribution in [0, 0.1) is 0 Å². The van der Waals surface area contributed by atoms with Gasteiger partial charge in [0.1, 0.15) is 16.9 Å². The molecule has 0 saturated carbocycles. The van der Waals surface area contributed by atoms with Crippen molar-refractivity contribution in [3.8, 4) is 5.75 Å². The van der Waals surface area contributed by atoms with Crippen LogP contribution in [0.4, 0.5) is 0 Å². The summed E-state index contributed by atoms with van der Waals surface area (Å²) in [5, 5.41) is 2.14. The average molecular weight is 261 g/mol. The molecule has 1 aromatic heterocycles. The summed E-state index contributed by atoms with van der Waals surface area (Å²) in [6.07, 6.45) is 0.841. The Labute approximate surface area is 110 Å². The van der Waals surface area contributed by atoms with E-state index >= 15 is 0 Å². The Bertz CT molecular complexity index is 672. The molecule has 2 nitrogen and oxygen atoms in total. The van der Waals surface area contributed by atoms with Crippen LogP contribution in [0.3, 0.4) is 0 Å². The van der Waals surface area contributed by atoms with E-state index in [2.05, 4.69) is 6.07 Å². The minimum atomic E-state index is 0.613. The Morgan fingerprint density at radius 3 is 2.72 bits per heavy atom. The highest BCUT2D eigenvalue weighted by molar-refractivity contribution is 6.17. The van der Waals surface area contributed by atoms with Crippen molar-refractivity contribution in [1.82, 2.24) is 0 Å². The Balaban J connectivity index is 2.13. The van der Waals surface area contributed by atoms with Crippen molar-refractivity contribution >= 4 is 33.5 Å². The van der Waals surface area contributed by atoms with Gasteiger partial charge in [-0.3, -0.25) is 0 Å². The van der Waals surface area contributed by atoms with Gasteiger partial charge in [-0.25, -0.2) is 0 Å². The second-order valence-electron chi connectivity index (χ2n) is 4.12. The lowest BCUT2D eigenvalue weighted by atomic mass is 10.1. The fourth-order valence-electron chi connectivity index (χ4n) is 2.10. The number of ether oxygens (including phenoxy) is 1. The van der Waals surface area contributed by atoms with Gasteiger partial charge in [-0.15, -0.1) is 11.6 Å². The number of halogens is 1. The molecule has 0 radical (unpaired) electrons. The zero-order valence-corrected chi connectivity index (χ0v) is 10.6. The first-order valence-corrected chi connectivity index (χ1v) is 6.52. The van der Waals surface area contributed by atoms with Gasteiger partial charge in [0.05, 0.1) is 12.0 Å². The number of hydrogen-bond donors (Lipinski definition) is 0.